The highest BCUT2D eigenvalue weighted by atomic mass is 35.5. The number of carbonyl (C=O) groups is 1. The highest BCUT2D eigenvalue weighted by Crippen LogP contribution is 2.26. The van der Waals surface area contributed by atoms with Gasteiger partial charge in [0, 0.05) is 25.5 Å². The molecule has 0 saturated carbocycles. The largest absolute Gasteiger partial charge is 0.495 e. The molecule has 1 aliphatic heterocycles. The molecule has 2 aromatic heterocycles. The van der Waals surface area contributed by atoms with Crippen LogP contribution in [0.5, 0.6) is 11.6 Å². The van der Waals surface area contributed by atoms with Gasteiger partial charge < -0.3 is 19.7 Å². The van der Waals surface area contributed by atoms with Gasteiger partial charge in [-0.05, 0) is 49.1 Å². The van der Waals surface area contributed by atoms with Gasteiger partial charge in [0.15, 0.2) is 0 Å². The molecule has 4 rings (SSSR count). The second-order valence-electron chi connectivity index (χ2n) is 7.53. The third-order valence-electron chi connectivity index (χ3n) is 5.20. The van der Waals surface area contributed by atoms with E-state index in [2.05, 4.69) is 31.6 Å². The Morgan fingerprint density at radius 3 is 2.88 bits per heavy atom. The summed E-state index contributed by atoms with van der Waals surface area (Å²) < 4.78 is 11.2. The number of hydrogen-bond donors (Lipinski definition) is 1. The summed E-state index contributed by atoms with van der Waals surface area (Å²) in [7, 11) is 1.56. The Morgan fingerprint density at radius 1 is 1.24 bits per heavy atom. The number of benzene rings is 1. The zero-order valence-corrected chi connectivity index (χ0v) is 19.1. The lowest BCUT2D eigenvalue weighted by atomic mass is 10.1. The molecule has 1 aromatic carbocycles. The number of nitrogens with one attached hydrogen (secondary N) is 1. The van der Waals surface area contributed by atoms with Crippen LogP contribution in [0.15, 0.2) is 48.8 Å². The molecule has 9 heteroatoms. The van der Waals surface area contributed by atoms with Crippen molar-refractivity contribution in [3.8, 4) is 11.6 Å². The van der Waals surface area contributed by atoms with Crippen molar-refractivity contribution in [2.24, 2.45) is 0 Å². The fourth-order valence-corrected chi connectivity index (χ4v) is 3.72. The maximum absolute atomic E-state index is 12.9. The van der Waals surface area contributed by atoms with Crippen molar-refractivity contribution in [1.82, 2.24) is 20.3 Å². The zero-order chi connectivity index (χ0) is 23.0. The number of nitrogens with zero attached hydrogens (tertiary/aromatic N) is 4. The fraction of sp³-hybridized carbons (Fsp3) is 0.292. The number of anilines is 1. The molecular formula is C24H25ClN5O3. The van der Waals surface area contributed by atoms with Crippen LogP contribution in [0, 0.1) is 6.42 Å². The number of pyridine rings is 1. The molecule has 1 saturated heterocycles. The van der Waals surface area contributed by atoms with Crippen molar-refractivity contribution in [3.63, 3.8) is 0 Å². The van der Waals surface area contributed by atoms with Crippen molar-refractivity contribution in [2.75, 3.05) is 25.1 Å². The lowest BCUT2D eigenvalue weighted by molar-refractivity contribution is 0.0944. The number of ether oxygens (including phenoxy) is 2. The Morgan fingerprint density at radius 2 is 2.15 bits per heavy atom. The van der Waals surface area contributed by atoms with Crippen LogP contribution in [0.4, 0.5) is 5.95 Å². The molecular weight excluding hydrogens is 442 g/mol. The van der Waals surface area contributed by atoms with Gasteiger partial charge in [-0.25, -0.2) is 4.98 Å². The summed E-state index contributed by atoms with van der Waals surface area (Å²) in [6.45, 7) is 2.09. The molecule has 1 amide bonds. The van der Waals surface area contributed by atoms with Crippen molar-refractivity contribution in [3.05, 3.63) is 77.1 Å². The first-order valence-corrected chi connectivity index (χ1v) is 11.1. The van der Waals surface area contributed by atoms with Gasteiger partial charge in [0.25, 0.3) is 5.91 Å². The zero-order valence-electron chi connectivity index (χ0n) is 18.3. The van der Waals surface area contributed by atoms with Crippen molar-refractivity contribution >= 4 is 23.5 Å². The van der Waals surface area contributed by atoms with Crippen LogP contribution >= 0.6 is 11.6 Å². The molecule has 0 atom stereocenters. The molecule has 0 bridgehead atoms. The number of piperidine rings is 1. The number of hydrogen-bond acceptors (Lipinski definition) is 7. The molecule has 8 nitrogen and oxygen atoms in total. The Balaban J connectivity index is 1.54. The minimum atomic E-state index is -0.333. The summed E-state index contributed by atoms with van der Waals surface area (Å²) in [5, 5.41) is 3.34. The minimum absolute atomic E-state index is 0.187. The normalized spacial score (nSPS) is 13.5. The van der Waals surface area contributed by atoms with Crippen LogP contribution in [0.2, 0.25) is 5.02 Å². The number of rotatable bonds is 8. The smallest absolute Gasteiger partial charge is 0.258 e. The van der Waals surface area contributed by atoms with Crippen LogP contribution < -0.4 is 19.7 Å². The van der Waals surface area contributed by atoms with E-state index in [9.17, 15) is 4.79 Å². The second-order valence-corrected chi connectivity index (χ2v) is 7.93. The quantitative estimate of drug-likeness (QED) is 0.539. The van der Waals surface area contributed by atoms with Crippen LogP contribution in [0.25, 0.3) is 0 Å². The first-order chi connectivity index (χ1) is 16.1. The summed E-state index contributed by atoms with van der Waals surface area (Å²) >= 11 is 6.23. The molecule has 1 fully saturated rings. The highest BCUT2D eigenvalue weighted by Gasteiger charge is 2.20. The number of aromatic nitrogens is 3. The first kappa shape index (κ1) is 22.8. The van der Waals surface area contributed by atoms with Crippen LogP contribution in [-0.4, -0.2) is 41.1 Å². The van der Waals surface area contributed by atoms with E-state index in [0.29, 0.717) is 16.7 Å². The molecule has 1 N–H and O–H groups in total. The van der Waals surface area contributed by atoms with Gasteiger partial charge in [-0.2, -0.15) is 4.98 Å². The summed E-state index contributed by atoms with van der Waals surface area (Å²) in [4.78, 5) is 28.2. The predicted octanol–water partition coefficient (Wildman–Crippen LogP) is 3.85. The van der Waals surface area contributed by atoms with Crippen LogP contribution in [-0.2, 0) is 13.2 Å². The van der Waals surface area contributed by atoms with E-state index in [4.69, 9.17) is 21.1 Å². The Hall–Kier alpha value is -3.39. The monoisotopic (exact) mass is 466 g/mol. The number of halogens is 1. The third kappa shape index (κ3) is 5.90. The second kappa shape index (κ2) is 11.0. The summed E-state index contributed by atoms with van der Waals surface area (Å²) in [5.41, 5.74) is 1.84. The molecule has 3 aromatic rings. The summed E-state index contributed by atoms with van der Waals surface area (Å²) in [6.07, 6.45) is 7.51. The van der Waals surface area contributed by atoms with E-state index in [1.165, 1.54) is 6.20 Å². The van der Waals surface area contributed by atoms with Crippen molar-refractivity contribution in [1.29, 1.82) is 0 Å². The molecule has 171 valence electrons. The molecule has 33 heavy (non-hydrogen) atoms. The molecule has 0 spiro atoms. The number of amides is 1. The molecule has 1 aliphatic rings. The molecule has 0 aliphatic carbocycles. The van der Waals surface area contributed by atoms with Gasteiger partial charge in [0.2, 0.25) is 11.8 Å². The average Bonchev–Trinajstić information content (AvgIpc) is 2.87. The van der Waals surface area contributed by atoms with E-state index in [0.717, 1.165) is 37.2 Å². The Kier molecular flexibility index (Phi) is 7.57. The van der Waals surface area contributed by atoms with E-state index < -0.39 is 0 Å². The standard InChI is InChI=1S/C24H25ClN5O3/c1-32-21-9-8-17(13-20(21)25)16-33-23-19(22(31)27-14-18-7-3-4-10-26-18)15-28-24(29-23)30-11-5-2-6-12-30/h3-5,7-10,13,15H,2,6,11-12,14,16H2,1H3,(H,27,31). The van der Waals surface area contributed by atoms with E-state index in [1.807, 2.05) is 24.3 Å². The SMILES string of the molecule is COc1ccc(COc2nc(N3C[CH]CCC3)ncc2C(=O)NCc2ccccn2)cc1Cl. The van der Waals surface area contributed by atoms with Crippen LogP contribution in [0.1, 0.15) is 34.5 Å². The van der Waals surface area contributed by atoms with Gasteiger partial charge >= 0.3 is 0 Å². The number of methoxy groups -OCH3 is 1. The lowest BCUT2D eigenvalue weighted by Crippen LogP contribution is -2.32. The maximum atomic E-state index is 12.9. The van der Waals surface area contributed by atoms with Gasteiger partial charge in [-0.15, -0.1) is 0 Å². The van der Waals surface area contributed by atoms with Gasteiger partial charge in [0.05, 0.1) is 24.4 Å². The van der Waals surface area contributed by atoms with Crippen molar-refractivity contribution < 1.29 is 14.3 Å². The lowest BCUT2D eigenvalue weighted by Gasteiger charge is -2.26. The van der Waals surface area contributed by atoms with Gasteiger partial charge in [-0.3, -0.25) is 9.78 Å². The highest BCUT2D eigenvalue weighted by molar-refractivity contribution is 6.32. The van der Waals surface area contributed by atoms with E-state index >= 15 is 0 Å². The van der Waals surface area contributed by atoms with Gasteiger partial charge in [-0.1, -0.05) is 23.7 Å². The Bertz CT molecular complexity index is 1090. The van der Waals surface area contributed by atoms with Crippen LogP contribution in [0.3, 0.4) is 0 Å². The van der Waals surface area contributed by atoms with Gasteiger partial charge in [0.1, 0.15) is 17.9 Å². The topological polar surface area (TPSA) is 89.5 Å². The summed E-state index contributed by atoms with van der Waals surface area (Å²) in [6, 6.07) is 10.9. The minimum Gasteiger partial charge on any atom is -0.495 e. The first-order valence-electron chi connectivity index (χ1n) is 10.7. The molecule has 1 radical (unpaired) electrons. The fourth-order valence-electron chi connectivity index (χ4n) is 3.44. The van der Waals surface area contributed by atoms with E-state index in [1.54, 1.807) is 25.4 Å². The molecule has 0 unspecified atom stereocenters. The summed E-state index contributed by atoms with van der Waals surface area (Å²) in [5.74, 6) is 1.01. The Labute approximate surface area is 197 Å². The third-order valence-corrected chi connectivity index (χ3v) is 5.50. The number of carbonyl (C=O) groups excluding carboxylic acids is 1. The van der Waals surface area contributed by atoms with Crippen molar-refractivity contribution in [2.45, 2.75) is 26.0 Å². The maximum Gasteiger partial charge on any atom is 0.258 e. The average molecular weight is 467 g/mol. The predicted molar refractivity (Wildman–Crippen MR) is 126 cm³/mol. The van der Waals surface area contributed by atoms with E-state index in [-0.39, 0.29) is 30.5 Å². The molecule has 3 heterocycles.